The minimum absolute atomic E-state index is 0.261. The van der Waals surface area contributed by atoms with E-state index in [0.29, 0.717) is 0 Å². The SMILES string of the molecule is Cc1cccnc1NCC(Cl)C1CC1. The first kappa shape index (κ1) is 9.78. The maximum Gasteiger partial charge on any atom is 0.128 e. The van der Waals surface area contributed by atoms with E-state index in [4.69, 9.17) is 11.6 Å². The fourth-order valence-corrected chi connectivity index (χ4v) is 1.82. The highest BCUT2D eigenvalue weighted by atomic mass is 35.5. The van der Waals surface area contributed by atoms with Crippen molar-refractivity contribution < 1.29 is 0 Å². The molecule has 1 heterocycles. The monoisotopic (exact) mass is 210 g/mol. The molecule has 1 aliphatic rings. The number of alkyl halides is 1. The molecule has 1 unspecified atom stereocenters. The van der Waals surface area contributed by atoms with Crippen LogP contribution in [0.1, 0.15) is 18.4 Å². The van der Waals surface area contributed by atoms with E-state index >= 15 is 0 Å². The second kappa shape index (κ2) is 4.18. The summed E-state index contributed by atoms with van der Waals surface area (Å²) in [5.41, 5.74) is 1.17. The number of nitrogens with one attached hydrogen (secondary N) is 1. The third kappa shape index (κ3) is 2.38. The van der Waals surface area contributed by atoms with Crippen molar-refractivity contribution in [2.45, 2.75) is 25.1 Å². The van der Waals surface area contributed by atoms with Crippen molar-refractivity contribution in [3.8, 4) is 0 Å². The lowest BCUT2D eigenvalue weighted by Gasteiger charge is -2.11. The molecule has 1 atom stereocenters. The smallest absolute Gasteiger partial charge is 0.128 e. The van der Waals surface area contributed by atoms with Gasteiger partial charge >= 0.3 is 0 Å². The maximum atomic E-state index is 6.19. The fourth-order valence-electron chi connectivity index (χ4n) is 1.49. The van der Waals surface area contributed by atoms with E-state index in [0.717, 1.165) is 18.3 Å². The van der Waals surface area contributed by atoms with Gasteiger partial charge in [-0.05, 0) is 37.3 Å². The number of pyridine rings is 1. The van der Waals surface area contributed by atoms with Crippen LogP contribution in [0.2, 0.25) is 0 Å². The summed E-state index contributed by atoms with van der Waals surface area (Å²) in [6.07, 6.45) is 4.38. The first-order valence-electron chi connectivity index (χ1n) is 5.07. The molecule has 14 heavy (non-hydrogen) atoms. The van der Waals surface area contributed by atoms with Gasteiger partial charge in [0.2, 0.25) is 0 Å². The molecule has 0 spiro atoms. The number of rotatable bonds is 4. The molecular formula is C11H15ClN2. The summed E-state index contributed by atoms with van der Waals surface area (Å²) < 4.78 is 0. The molecule has 1 N–H and O–H groups in total. The summed E-state index contributed by atoms with van der Waals surface area (Å²) in [5.74, 6) is 1.69. The van der Waals surface area contributed by atoms with E-state index in [2.05, 4.69) is 23.3 Å². The second-order valence-corrected chi connectivity index (χ2v) is 4.46. The number of hydrogen-bond donors (Lipinski definition) is 1. The first-order chi connectivity index (χ1) is 6.77. The highest BCUT2D eigenvalue weighted by Gasteiger charge is 2.29. The summed E-state index contributed by atoms with van der Waals surface area (Å²) in [5, 5.41) is 3.55. The van der Waals surface area contributed by atoms with Crippen molar-refractivity contribution in [2.24, 2.45) is 5.92 Å². The third-order valence-electron chi connectivity index (χ3n) is 2.61. The van der Waals surface area contributed by atoms with Crippen molar-refractivity contribution in [3.05, 3.63) is 23.9 Å². The van der Waals surface area contributed by atoms with Gasteiger partial charge in [-0.3, -0.25) is 0 Å². The number of aromatic nitrogens is 1. The van der Waals surface area contributed by atoms with Gasteiger partial charge in [0.25, 0.3) is 0 Å². The Morgan fingerprint density at radius 1 is 1.64 bits per heavy atom. The predicted molar refractivity (Wildman–Crippen MR) is 59.8 cm³/mol. The number of aryl methyl sites for hydroxylation is 1. The van der Waals surface area contributed by atoms with E-state index in [1.807, 2.05) is 6.07 Å². The highest BCUT2D eigenvalue weighted by Crippen LogP contribution is 2.35. The molecular weight excluding hydrogens is 196 g/mol. The Labute approximate surface area is 89.7 Å². The lowest BCUT2D eigenvalue weighted by molar-refractivity contribution is 0.768. The summed E-state index contributed by atoms with van der Waals surface area (Å²) >= 11 is 6.19. The predicted octanol–water partition coefficient (Wildman–Crippen LogP) is 2.82. The van der Waals surface area contributed by atoms with Crippen molar-refractivity contribution in [2.75, 3.05) is 11.9 Å². The number of hydrogen-bond acceptors (Lipinski definition) is 2. The quantitative estimate of drug-likeness (QED) is 0.774. The molecule has 1 aliphatic carbocycles. The zero-order valence-electron chi connectivity index (χ0n) is 8.33. The number of anilines is 1. The molecule has 0 aliphatic heterocycles. The third-order valence-corrected chi connectivity index (χ3v) is 3.12. The van der Waals surface area contributed by atoms with Crippen LogP contribution in [0.25, 0.3) is 0 Å². The van der Waals surface area contributed by atoms with Gasteiger partial charge < -0.3 is 5.32 Å². The Bertz CT molecular complexity index is 310. The van der Waals surface area contributed by atoms with Crippen LogP contribution < -0.4 is 5.32 Å². The van der Waals surface area contributed by atoms with Gasteiger partial charge in [0.1, 0.15) is 5.82 Å². The van der Waals surface area contributed by atoms with E-state index in [-0.39, 0.29) is 5.38 Å². The molecule has 3 heteroatoms. The Balaban J connectivity index is 1.87. The average molecular weight is 211 g/mol. The summed E-state index contributed by atoms with van der Waals surface area (Å²) in [7, 11) is 0. The van der Waals surface area contributed by atoms with E-state index < -0.39 is 0 Å². The van der Waals surface area contributed by atoms with Crippen LogP contribution >= 0.6 is 11.6 Å². The van der Waals surface area contributed by atoms with Gasteiger partial charge in [0, 0.05) is 12.7 Å². The molecule has 1 saturated carbocycles. The molecule has 0 radical (unpaired) electrons. The molecule has 76 valence electrons. The van der Waals surface area contributed by atoms with Crippen molar-refractivity contribution in [1.29, 1.82) is 0 Å². The Morgan fingerprint density at radius 3 is 3.07 bits per heavy atom. The standard InChI is InChI=1S/C11H15ClN2/c1-8-3-2-6-13-11(8)14-7-10(12)9-4-5-9/h2-3,6,9-10H,4-5,7H2,1H3,(H,13,14). The lowest BCUT2D eigenvalue weighted by atomic mass is 10.2. The van der Waals surface area contributed by atoms with Crippen molar-refractivity contribution in [1.82, 2.24) is 4.98 Å². The normalized spacial score (nSPS) is 17.9. The van der Waals surface area contributed by atoms with Gasteiger partial charge in [0.05, 0.1) is 5.38 Å². The Hall–Kier alpha value is -0.760. The van der Waals surface area contributed by atoms with Crippen LogP contribution in [0.3, 0.4) is 0 Å². The average Bonchev–Trinajstić information content (AvgIpc) is 2.99. The van der Waals surface area contributed by atoms with Crippen molar-refractivity contribution >= 4 is 17.4 Å². The molecule has 0 amide bonds. The van der Waals surface area contributed by atoms with Gasteiger partial charge in [-0.15, -0.1) is 11.6 Å². The maximum absolute atomic E-state index is 6.19. The van der Waals surface area contributed by atoms with Gasteiger partial charge in [0.15, 0.2) is 0 Å². The number of halogens is 1. The zero-order chi connectivity index (χ0) is 9.97. The fraction of sp³-hybridized carbons (Fsp3) is 0.545. The van der Waals surface area contributed by atoms with Gasteiger partial charge in [-0.1, -0.05) is 6.07 Å². The zero-order valence-corrected chi connectivity index (χ0v) is 9.09. The number of nitrogens with zero attached hydrogens (tertiary/aromatic N) is 1. The molecule has 0 saturated heterocycles. The van der Waals surface area contributed by atoms with Crippen LogP contribution in [0.5, 0.6) is 0 Å². The van der Waals surface area contributed by atoms with Crippen LogP contribution in [0, 0.1) is 12.8 Å². The largest absolute Gasteiger partial charge is 0.368 e. The first-order valence-corrected chi connectivity index (χ1v) is 5.50. The van der Waals surface area contributed by atoms with Gasteiger partial charge in [-0.2, -0.15) is 0 Å². The molecule has 1 aromatic rings. The lowest BCUT2D eigenvalue weighted by Crippen LogP contribution is -2.17. The Kier molecular flexibility index (Phi) is 2.92. The van der Waals surface area contributed by atoms with E-state index in [1.165, 1.54) is 18.4 Å². The molecule has 1 fully saturated rings. The summed E-state index contributed by atoms with van der Waals surface area (Å²) in [6, 6.07) is 4.00. The second-order valence-electron chi connectivity index (χ2n) is 3.90. The Morgan fingerprint density at radius 2 is 2.43 bits per heavy atom. The van der Waals surface area contributed by atoms with Gasteiger partial charge in [-0.25, -0.2) is 4.98 Å². The minimum atomic E-state index is 0.261. The molecule has 2 rings (SSSR count). The van der Waals surface area contributed by atoms with Crippen LogP contribution in [0.4, 0.5) is 5.82 Å². The molecule has 1 aromatic heterocycles. The minimum Gasteiger partial charge on any atom is -0.368 e. The van der Waals surface area contributed by atoms with E-state index in [9.17, 15) is 0 Å². The van der Waals surface area contributed by atoms with Crippen LogP contribution in [0.15, 0.2) is 18.3 Å². The van der Waals surface area contributed by atoms with Crippen molar-refractivity contribution in [3.63, 3.8) is 0 Å². The highest BCUT2D eigenvalue weighted by molar-refractivity contribution is 6.21. The van der Waals surface area contributed by atoms with Crippen LogP contribution in [-0.4, -0.2) is 16.9 Å². The molecule has 0 aromatic carbocycles. The summed E-state index contributed by atoms with van der Waals surface area (Å²) in [6.45, 7) is 2.87. The topological polar surface area (TPSA) is 24.9 Å². The molecule has 0 bridgehead atoms. The summed E-state index contributed by atoms with van der Waals surface area (Å²) in [4.78, 5) is 4.26. The molecule has 2 nitrogen and oxygen atoms in total. The van der Waals surface area contributed by atoms with Crippen LogP contribution in [-0.2, 0) is 0 Å². The van der Waals surface area contributed by atoms with E-state index in [1.54, 1.807) is 6.20 Å².